The highest BCUT2D eigenvalue weighted by atomic mass is 32.2. The van der Waals surface area contributed by atoms with Gasteiger partial charge in [-0.1, -0.05) is 12.1 Å². The lowest BCUT2D eigenvalue weighted by atomic mass is 10.2. The number of aryl methyl sites for hydroxylation is 1. The van der Waals surface area contributed by atoms with E-state index in [-0.39, 0.29) is 36.5 Å². The Hall–Kier alpha value is -3.20. The van der Waals surface area contributed by atoms with Crippen molar-refractivity contribution in [3.05, 3.63) is 59.7 Å². The van der Waals surface area contributed by atoms with E-state index in [2.05, 4.69) is 10.3 Å². The van der Waals surface area contributed by atoms with E-state index in [0.29, 0.717) is 12.0 Å². The second kappa shape index (κ2) is 9.52. The maximum atomic E-state index is 12.7. The number of benzene rings is 1. The Morgan fingerprint density at radius 3 is 2.72 bits per heavy atom. The van der Waals surface area contributed by atoms with Gasteiger partial charge in [-0.2, -0.15) is 11.8 Å². The van der Waals surface area contributed by atoms with Gasteiger partial charge in [0.1, 0.15) is 11.5 Å². The van der Waals surface area contributed by atoms with Gasteiger partial charge in [-0.3, -0.25) is 24.3 Å². The largest absolute Gasteiger partial charge is 0.346 e. The van der Waals surface area contributed by atoms with Gasteiger partial charge in [0.2, 0.25) is 5.91 Å². The molecular formula is C23H25N5O3S. The van der Waals surface area contributed by atoms with Gasteiger partial charge in [0.05, 0.1) is 22.6 Å². The first kappa shape index (κ1) is 22.0. The van der Waals surface area contributed by atoms with E-state index in [1.807, 2.05) is 42.1 Å². The molecule has 0 spiro atoms. The van der Waals surface area contributed by atoms with Gasteiger partial charge in [0, 0.05) is 26.2 Å². The van der Waals surface area contributed by atoms with Gasteiger partial charge in [0.15, 0.2) is 0 Å². The minimum absolute atomic E-state index is 0.127. The zero-order valence-corrected chi connectivity index (χ0v) is 18.9. The van der Waals surface area contributed by atoms with Gasteiger partial charge in [-0.25, -0.2) is 4.98 Å². The molecular weight excluding hydrogens is 426 g/mol. The maximum Gasteiger partial charge on any atom is 0.280 e. The minimum atomic E-state index is -0.399. The molecule has 3 aromatic rings. The number of nitrogens with zero attached hydrogens (tertiary/aromatic N) is 4. The lowest BCUT2D eigenvalue weighted by molar-refractivity contribution is -0.122. The van der Waals surface area contributed by atoms with Crippen LogP contribution in [0.3, 0.4) is 0 Å². The highest BCUT2D eigenvalue weighted by molar-refractivity contribution is 7.98. The molecule has 0 fully saturated rings. The average molecular weight is 452 g/mol. The third-order valence-electron chi connectivity index (χ3n) is 5.60. The SMILES string of the molecule is CSCC[C@@H](NC(=O)CCCN1C(=O)c2cccnc2C1=O)c1nc2ccccc2n1C. The maximum absolute atomic E-state index is 12.7. The van der Waals surface area contributed by atoms with Crippen molar-refractivity contribution < 1.29 is 14.4 Å². The zero-order valence-electron chi connectivity index (χ0n) is 18.1. The Bertz CT molecular complexity index is 1140. The van der Waals surface area contributed by atoms with Crippen LogP contribution in [0.4, 0.5) is 0 Å². The Morgan fingerprint density at radius 2 is 1.97 bits per heavy atom. The second-order valence-electron chi connectivity index (χ2n) is 7.68. The first-order valence-corrected chi connectivity index (χ1v) is 11.9. The molecule has 0 saturated carbocycles. The van der Waals surface area contributed by atoms with E-state index < -0.39 is 5.91 Å². The van der Waals surface area contributed by atoms with Crippen molar-refractivity contribution in [1.82, 2.24) is 24.8 Å². The molecule has 4 rings (SSSR count). The molecule has 0 aliphatic carbocycles. The van der Waals surface area contributed by atoms with Crippen molar-refractivity contribution in [3.63, 3.8) is 0 Å². The summed E-state index contributed by atoms with van der Waals surface area (Å²) in [6.07, 6.45) is 4.88. The number of thioether (sulfide) groups is 1. The van der Waals surface area contributed by atoms with Crippen LogP contribution >= 0.6 is 11.8 Å². The Balaban J connectivity index is 1.38. The Kier molecular flexibility index (Phi) is 6.55. The number of imidazole rings is 1. The molecule has 32 heavy (non-hydrogen) atoms. The van der Waals surface area contributed by atoms with E-state index in [4.69, 9.17) is 4.98 Å². The average Bonchev–Trinajstić information content (AvgIpc) is 3.26. The van der Waals surface area contributed by atoms with Crippen LogP contribution in [0.25, 0.3) is 11.0 Å². The molecule has 3 amide bonds. The molecule has 1 atom stereocenters. The third kappa shape index (κ3) is 4.25. The fourth-order valence-corrected chi connectivity index (χ4v) is 4.43. The van der Waals surface area contributed by atoms with Crippen LogP contribution in [-0.4, -0.2) is 55.7 Å². The van der Waals surface area contributed by atoms with Crippen LogP contribution in [0.1, 0.15) is 52.0 Å². The van der Waals surface area contributed by atoms with E-state index in [1.54, 1.807) is 23.9 Å². The number of para-hydroxylation sites is 2. The minimum Gasteiger partial charge on any atom is -0.346 e. The number of pyridine rings is 1. The predicted molar refractivity (Wildman–Crippen MR) is 123 cm³/mol. The quantitative estimate of drug-likeness (QED) is 0.503. The number of aromatic nitrogens is 3. The highest BCUT2D eigenvalue weighted by Crippen LogP contribution is 2.24. The summed E-state index contributed by atoms with van der Waals surface area (Å²) in [5.41, 5.74) is 2.42. The molecule has 1 aliphatic heterocycles. The fourth-order valence-electron chi connectivity index (χ4n) is 3.96. The van der Waals surface area contributed by atoms with Crippen LogP contribution in [-0.2, 0) is 11.8 Å². The number of amides is 3. The van der Waals surface area contributed by atoms with Crippen molar-refractivity contribution in [1.29, 1.82) is 0 Å². The number of carbonyl (C=O) groups is 3. The first-order chi connectivity index (χ1) is 15.5. The van der Waals surface area contributed by atoms with Crippen molar-refractivity contribution in [2.24, 2.45) is 7.05 Å². The molecule has 0 bridgehead atoms. The van der Waals surface area contributed by atoms with Crippen LogP contribution in [0, 0.1) is 0 Å². The molecule has 2 aromatic heterocycles. The smallest absolute Gasteiger partial charge is 0.280 e. The van der Waals surface area contributed by atoms with E-state index in [0.717, 1.165) is 29.0 Å². The summed E-state index contributed by atoms with van der Waals surface area (Å²) in [5, 5.41) is 3.10. The van der Waals surface area contributed by atoms with Gasteiger partial charge in [0.25, 0.3) is 11.8 Å². The van der Waals surface area contributed by atoms with Gasteiger partial charge in [-0.15, -0.1) is 0 Å². The van der Waals surface area contributed by atoms with E-state index in [1.165, 1.54) is 11.1 Å². The Labute approximate surface area is 190 Å². The van der Waals surface area contributed by atoms with E-state index in [9.17, 15) is 14.4 Å². The normalized spacial score (nSPS) is 14.1. The summed E-state index contributed by atoms with van der Waals surface area (Å²) in [4.78, 5) is 47.5. The molecule has 1 aliphatic rings. The molecule has 3 heterocycles. The third-order valence-corrected chi connectivity index (χ3v) is 6.24. The number of imide groups is 1. The van der Waals surface area contributed by atoms with Crippen LogP contribution in [0.5, 0.6) is 0 Å². The lowest BCUT2D eigenvalue weighted by Gasteiger charge is -2.19. The van der Waals surface area contributed by atoms with Gasteiger partial charge in [-0.05, 0) is 49.1 Å². The number of carbonyl (C=O) groups excluding carboxylic acids is 3. The highest BCUT2D eigenvalue weighted by Gasteiger charge is 2.36. The van der Waals surface area contributed by atoms with Crippen molar-refractivity contribution >= 4 is 40.5 Å². The molecule has 0 unspecified atom stereocenters. The summed E-state index contributed by atoms with van der Waals surface area (Å²) < 4.78 is 2.02. The van der Waals surface area contributed by atoms with Crippen molar-refractivity contribution in [3.8, 4) is 0 Å². The summed E-state index contributed by atoms with van der Waals surface area (Å²) in [7, 11) is 1.96. The lowest BCUT2D eigenvalue weighted by Crippen LogP contribution is -2.33. The first-order valence-electron chi connectivity index (χ1n) is 10.5. The predicted octanol–water partition coefficient (Wildman–Crippen LogP) is 2.96. The molecule has 0 radical (unpaired) electrons. The number of hydrogen-bond acceptors (Lipinski definition) is 6. The second-order valence-corrected chi connectivity index (χ2v) is 8.67. The Morgan fingerprint density at radius 1 is 1.16 bits per heavy atom. The van der Waals surface area contributed by atoms with Crippen LogP contribution in [0.2, 0.25) is 0 Å². The zero-order chi connectivity index (χ0) is 22.7. The fraction of sp³-hybridized carbons (Fsp3) is 0.348. The molecule has 1 aromatic carbocycles. The number of hydrogen-bond donors (Lipinski definition) is 1. The standard InChI is InChI=1S/C23H25N5O3S/c1-27-18-9-4-3-8-16(18)26-21(27)17(11-14-32-2)25-19(29)10-6-13-28-22(30)15-7-5-12-24-20(15)23(28)31/h3-5,7-9,12,17H,6,10-11,13-14H2,1-2H3,(H,25,29)/t17-/m1/s1. The number of nitrogens with one attached hydrogen (secondary N) is 1. The van der Waals surface area contributed by atoms with Gasteiger partial charge < -0.3 is 9.88 Å². The van der Waals surface area contributed by atoms with E-state index >= 15 is 0 Å². The van der Waals surface area contributed by atoms with Crippen molar-refractivity contribution in [2.75, 3.05) is 18.6 Å². The van der Waals surface area contributed by atoms with Crippen molar-refractivity contribution in [2.45, 2.75) is 25.3 Å². The topological polar surface area (TPSA) is 97.2 Å². The van der Waals surface area contributed by atoms with Crippen LogP contribution < -0.4 is 5.32 Å². The molecule has 0 saturated heterocycles. The summed E-state index contributed by atoms with van der Waals surface area (Å²) in [5.74, 6) is 0.827. The summed E-state index contributed by atoms with van der Waals surface area (Å²) in [6, 6.07) is 10.9. The molecule has 1 N–H and O–H groups in total. The molecule has 166 valence electrons. The molecule has 9 heteroatoms. The number of fused-ring (bicyclic) bond motifs is 2. The number of rotatable bonds is 9. The van der Waals surface area contributed by atoms with Gasteiger partial charge >= 0.3 is 0 Å². The summed E-state index contributed by atoms with van der Waals surface area (Å²) >= 11 is 1.72. The monoisotopic (exact) mass is 451 g/mol. The summed E-state index contributed by atoms with van der Waals surface area (Å²) in [6.45, 7) is 0.184. The van der Waals surface area contributed by atoms with Crippen LogP contribution in [0.15, 0.2) is 42.6 Å². The molecule has 8 nitrogen and oxygen atoms in total.